The number of aromatic nitrogens is 2. The molecule has 0 bridgehead atoms. The van der Waals surface area contributed by atoms with Gasteiger partial charge in [-0.05, 0) is 24.1 Å². The Balaban J connectivity index is 1.73. The third-order valence-electron chi connectivity index (χ3n) is 3.54. The van der Waals surface area contributed by atoms with E-state index in [2.05, 4.69) is 15.7 Å². The highest BCUT2D eigenvalue weighted by molar-refractivity contribution is 5.98. The lowest BCUT2D eigenvalue weighted by Crippen LogP contribution is -2.37. The number of methoxy groups -OCH3 is 2. The number of ether oxygens (including phenoxy) is 2. The van der Waals surface area contributed by atoms with Crippen molar-refractivity contribution in [3.8, 4) is 11.6 Å². The van der Waals surface area contributed by atoms with Crippen molar-refractivity contribution in [2.75, 3.05) is 27.3 Å². The van der Waals surface area contributed by atoms with Crippen molar-refractivity contribution in [3.05, 3.63) is 41.6 Å². The van der Waals surface area contributed by atoms with E-state index >= 15 is 0 Å². The first-order valence-corrected chi connectivity index (χ1v) is 7.79. The molecule has 0 unspecified atom stereocenters. The number of nitrogens with one attached hydrogen (secondary N) is 2. The summed E-state index contributed by atoms with van der Waals surface area (Å²) in [6.45, 7) is 0.372. The molecule has 0 saturated carbocycles. The van der Waals surface area contributed by atoms with Crippen LogP contribution in [0.15, 0.2) is 30.5 Å². The van der Waals surface area contributed by atoms with E-state index in [9.17, 15) is 9.59 Å². The van der Waals surface area contributed by atoms with Gasteiger partial charge >= 0.3 is 0 Å². The summed E-state index contributed by atoms with van der Waals surface area (Å²) in [5.74, 6) is 0.348. The molecule has 2 aromatic rings. The Bertz CT molecular complexity index is 725. The Morgan fingerprint density at radius 3 is 2.48 bits per heavy atom. The third-order valence-corrected chi connectivity index (χ3v) is 3.54. The maximum atomic E-state index is 12.1. The fourth-order valence-corrected chi connectivity index (χ4v) is 2.23. The molecule has 134 valence electrons. The van der Waals surface area contributed by atoms with Crippen LogP contribution in [0.5, 0.6) is 11.6 Å². The fraction of sp³-hybridized carbons (Fsp3) is 0.353. The summed E-state index contributed by atoms with van der Waals surface area (Å²) < 4.78 is 11.6. The van der Waals surface area contributed by atoms with Gasteiger partial charge in [-0.25, -0.2) is 0 Å². The van der Waals surface area contributed by atoms with Crippen LogP contribution in [-0.4, -0.2) is 48.9 Å². The van der Waals surface area contributed by atoms with Gasteiger partial charge in [0.25, 0.3) is 5.91 Å². The predicted octanol–water partition coefficient (Wildman–Crippen LogP) is 0.526. The monoisotopic (exact) mass is 346 g/mol. The molecule has 0 radical (unpaired) electrons. The second-order valence-electron chi connectivity index (χ2n) is 5.36. The predicted molar refractivity (Wildman–Crippen MR) is 91.8 cm³/mol. The van der Waals surface area contributed by atoms with E-state index in [4.69, 9.17) is 9.47 Å². The lowest BCUT2D eigenvalue weighted by Gasteiger charge is -2.07. The van der Waals surface area contributed by atoms with E-state index in [1.165, 1.54) is 18.0 Å². The van der Waals surface area contributed by atoms with Crippen LogP contribution in [0.3, 0.4) is 0 Å². The Hall–Kier alpha value is -3.03. The van der Waals surface area contributed by atoms with Gasteiger partial charge in [0.05, 0.1) is 20.8 Å². The van der Waals surface area contributed by atoms with Crippen molar-refractivity contribution >= 4 is 11.8 Å². The summed E-state index contributed by atoms with van der Waals surface area (Å²) >= 11 is 0. The van der Waals surface area contributed by atoms with Crippen LogP contribution in [-0.2, 0) is 18.3 Å². The summed E-state index contributed by atoms with van der Waals surface area (Å²) in [6, 6.07) is 7.64. The molecule has 0 fully saturated rings. The maximum Gasteiger partial charge on any atom is 0.258 e. The molecular weight excluding hydrogens is 324 g/mol. The molecule has 1 aromatic heterocycles. The molecular formula is C17H22N4O4. The number of nitrogens with zero attached hydrogens (tertiary/aromatic N) is 2. The van der Waals surface area contributed by atoms with Gasteiger partial charge in [-0.15, -0.1) is 5.10 Å². The first-order chi connectivity index (χ1) is 12.0. The van der Waals surface area contributed by atoms with Gasteiger partial charge in [0, 0.05) is 19.8 Å². The summed E-state index contributed by atoms with van der Waals surface area (Å²) in [6.07, 6.45) is 2.23. The fourth-order valence-electron chi connectivity index (χ4n) is 2.23. The number of hydrogen-bond acceptors (Lipinski definition) is 5. The second-order valence-corrected chi connectivity index (χ2v) is 5.36. The van der Waals surface area contributed by atoms with Gasteiger partial charge in [0.15, 0.2) is 0 Å². The average molecular weight is 346 g/mol. The standard InChI is InChI=1S/C17H22N4O4/c1-21-11-14(17(20-21)25-3)16(23)19-10-15(22)18-9-8-12-4-6-13(24-2)7-5-12/h4-7,11H,8-10H2,1-3H3,(H,18,22)(H,19,23). The summed E-state index contributed by atoms with van der Waals surface area (Å²) in [4.78, 5) is 23.9. The van der Waals surface area contributed by atoms with E-state index in [1.807, 2.05) is 24.3 Å². The molecule has 1 heterocycles. The second kappa shape index (κ2) is 8.72. The van der Waals surface area contributed by atoms with Gasteiger partial charge < -0.3 is 20.1 Å². The van der Waals surface area contributed by atoms with Gasteiger partial charge in [0.1, 0.15) is 11.3 Å². The molecule has 8 nitrogen and oxygen atoms in total. The topological polar surface area (TPSA) is 94.5 Å². The van der Waals surface area contributed by atoms with E-state index in [1.54, 1.807) is 14.2 Å². The smallest absolute Gasteiger partial charge is 0.258 e. The van der Waals surface area contributed by atoms with E-state index in [-0.39, 0.29) is 23.9 Å². The van der Waals surface area contributed by atoms with Gasteiger partial charge in [-0.3, -0.25) is 14.3 Å². The highest BCUT2D eigenvalue weighted by Crippen LogP contribution is 2.14. The number of benzene rings is 1. The molecule has 0 atom stereocenters. The van der Waals surface area contributed by atoms with E-state index in [0.717, 1.165) is 11.3 Å². The van der Waals surface area contributed by atoms with Crippen molar-refractivity contribution in [3.63, 3.8) is 0 Å². The minimum Gasteiger partial charge on any atom is -0.497 e. The van der Waals surface area contributed by atoms with Crippen LogP contribution in [0.2, 0.25) is 0 Å². The highest BCUT2D eigenvalue weighted by atomic mass is 16.5. The maximum absolute atomic E-state index is 12.1. The molecule has 0 aliphatic carbocycles. The zero-order valence-electron chi connectivity index (χ0n) is 14.5. The molecule has 0 spiro atoms. The minimum absolute atomic E-state index is 0.112. The van der Waals surface area contributed by atoms with Crippen LogP contribution in [0.4, 0.5) is 0 Å². The van der Waals surface area contributed by atoms with Crippen LogP contribution in [0.1, 0.15) is 15.9 Å². The van der Waals surface area contributed by atoms with E-state index < -0.39 is 5.91 Å². The van der Waals surface area contributed by atoms with Crippen molar-refractivity contribution in [1.82, 2.24) is 20.4 Å². The molecule has 0 aliphatic rings. The van der Waals surface area contributed by atoms with Gasteiger partial charge in [-0.2, -0.15) is 0 Å². The Morgan fingerprint density at radius 1 is 1.12 bits per heavy atom. The van der Waals surface area contributed by atoms with Crippen molar-refractivity contribution < 1.29 is 19.1 Å². The zero-order chi connectivity index (χ0) is 18.2. The van der Waals surface area contributed by atoms with Crippen LogP contribution < -0.4 is 20.1 Å². The molecule has 1 aromatic carbocycles. The summed E-state index contributed by atoms with van der Waals surface area (Å²) in [5, 5.41) is 9.31. The Morgan fingerprint density at radius 2 is 1.84 bits per heavy atom. The average Bonchev–Trinajstić information content (AvgIpc) is 3.01. The molecule has 8 heteroatoms. The molecule has 2 amide bonds. The number of amides is 2. The Labute approximate surface area is 146 Å². The summed E-state index contributed by atoms with van der Waals surface area (Å²) in [5.41, 5.74) is 1.38. The number of carbonyl (C=O) groups excluding carboxylic acids is 2. The first-order valence-electron chi connectivity index (χ1n) is 7.79. The normalized spacial score (nSPS) is 10.2. The number of hydrogen-bond donors (Lipinski definition) is 2. The lowest BCUT2D eigenvalue weighted by atomic mass is 10.1. The highest BCUT2D eigenvalue weighted by Gasteiger charge is 2.16. The largest absolute Gasteiger partial charge is 0.497 e. The third kappa shape index (κ3) is 5.23. The number of aryl methyl sites for hydroxylation is 1. The zero-order valence-corrected chi connectivity index (χ0v) is 14.5. The molecule has 2 rings (SSSR count). The first kappa shape index (κ1) is 18.3. The van der Waals surface area contributed by atoms with Gasteiger partial charge in [-0.1, -0.05) is 12.1 Å². The quantitative estimate of drug-likeness (QED) is 0.727. The SMILES string of the molecule is COc1ccc(CCNC(=O)CNC(=O)c2cn(C)nc2OC)cc1. The lowest BCUT2D eigenvalue weighted by molar-refractivity contribution is -0.120. The van der Waals surface area contributed by atoms with Crippen molar-refractivity contribution in [2.45, 2.75) is 6.42 Å². The summed E-state index contributed by atoms with van der Waals surface area (Å²) in [7, 11) is 4.74. The van der Waals surface area contributed by atoms with Crippen molar-refractivity contribution in [1.29, 1.82) is 0 Å². The molecule has 2 N–H and O–H groups in total. The molecule has 0 aliphatic heterocycles. The Kier molecular flexibility index (Phi) is 6.39. The number of rotatable bonds is 8. The van der Waals surface area contributed by atoms with Crippen LogP contribution in [0, 0.1) is 0 Å². The van der Waals surface area contributed by atoms with Crippen molar-refractivity contribution in [2.24, 2.45) is 7.05 Å². The number of carbonyl (C=O) groups is 2. The minimum atomic E-state index is -0.407. The molecule has 25 heavy (non-hydrogen) atoms. The van der Waals surface area contributed by atoms with Crippen LogP contribution in [0.25, 0.3) is 0 Å². The van der Waals surface area contributed by atoms with Crippen LogP contribution >= 0.6 is 0 Å². The van der Waals surface area contributed by atoms with Gasteiger partial charge in [0.2, 0.25) is 11.8 Å². The molecule has 0 saturated heterocycles. The van der Waals surface area contributed by atoms with E-state index in [0.29, 0.717) is 13.0 Å².